The molecule has 3 aliphatic rings. The zero-order valence-electron chi connectivity index (χ0n) is 20.1. The molecule has 2 amide bonds. The lowest BCUT2D eigenvalue weighted by Gasteiger charge is -2.37. The molecule has 0 bridgehead atoms. The van der Waals surface area contributed by atoms with E-state index >= 15 is 0 Å². The molecule has 1 aliphatic carbocycles. The number of ether oxygens (including phenoxy) is 1. The highest BCUT2D eigenvalue weighted by atomic mass is 16.5. The first-order valence-corrected chi connectivity index (χ1v) is 12.7. The smallest absolute Gasteiger partial charge is 0.251 e. The van der Waals surface area contributed by atoms with Crippen molar-refractivity contribution in [3.05, 3.63) is 35.4 Å². The predicted octanol–water partition coefficient (Wildman–Crippen LogP) is 3.94. The monoisotopic (exact) mass is 454 g/mol. The SMILES string of the molecule is CC(C)C(=O)[C@H](NC(=O)c1cccc(C2CCCN(C(=O)C3COC3)C2)c1)C1CCCCC1. The van der Waals surface area contributed by atoms with Gasteiger partial charge in [-0.3, -0.25) is 14.4 Å². The van der Waals surface area contributed by atoms with Crippen LogP contribution in [0.3, 0.4) is 0 Å². The number of carbonyl (C=O) groups excluding carboxylic acids is 3. The van der Waals surface area contributed by atoms with Gasteiger partial charge in [0.2, 0.25) is 5.91 Å². The van der Waals surface area contributed by atoms with Crippen LogP contribution in [0, 0.1) is 17.8 Å². The number of nitrogens with zero attached hydrogens (tertiary/aromatic N) is 1. The van der Waals surface area contributed by atoms with Gasteiger partial charge in [0.05, 0.1) is 25.2 Å². The number of Topliss-reactive ketones (excluding diaryl/α,β-unsaturated/α-hetero) is 1. The van der Waals surface area contributed by atoms with Crippen molar-refractivity contribution in [1.29, 1.82) is 0 Å². The van der Waals surface area contributed by atoms with E-state index in [0.29, 0.717) is 25.3 Å². The molecule has 4 rings (SSSR count). The number of rotatable bonds is 7. The molecule has 1 aromatic rings. The highest BCUT2D eigenvalue weighted by Gasteiger charge is 2.34. The maximum absolute atomic E-state index is 13.2. The highest BCUT2D eigenvalue weighted by molar-refractivity contribution is 5.98. The molecule has 0 spiro atoms. The average molecular weight is 455 g/mol. The Hall–Kier alpha value is -2.21. The van der Waals surface area contributed by atoms with E-state index in [-0.39, 0.29) is 41.3 Å². The van der Waals surface area contributed by atoms with Gasteiger partial charge in [-0.15, -0.1) is 0 Å². The van der Waals surface area contributed by atoms with Crippen molar-refractivity contribution in [3.63, 3.8) is 0 Å². The summed E-state index contributed by atoms with van der Waals surface area (Å²) < 4.78 is 5.19. The Bertz CT molecular complexity index is 857. The van der Waals surface area contributed by atoms with Gasteiger partial charge >= 0.3 is 0 Å². The molecule has 2 atom stereocenters. The Balaban J connectivity index is 1.45. The Morgan fingerprint density at radius 1 is 1.03 bits per heavy atom. The second-order valence-electron chi connectivity index (χ2n) is 10.4. The van der Waals surface area contributed by atoms with Crippen molar-refractivity contribution in [2.75, 3.05) is 26.3 Å². The van der Waals surface area contributed by atoms with Gasteiger partial charge in [-0.2, -0.15) is 0 Å². The maximum Gasteiger partial charge on any atom is 0.251 e. The molecule has 1 N–H and O–H groups in total. The third-order valence-electron chi connectivity index (χ3n) is 7.62. The number of piperidine rings is 1. The Morgan fingerprint density at radius 2 is 1.79 bits per heavy atom. The predicted molar refractivity (Wildman–Crippen MR) is 127 cm³/mol. The number of nitrogens with one attached hydrogen (secondary N) is 1. The first-order chi connectivity index (χ1) is 15.9. The van der Waals surface area contributed by atoms with Gasteiger partial charge in [-0.25, -0.2) is 0 Å². The molecule has 1 aromatic carbocycles. The lowest BCUT2D eigenvalue weighted by Crippen LogP contribution is -2.48. The molecule has 1 unspecified atom stereocenters. The molecule has 2 aliphatic heterocycles. The quantitative estimate of drug-likeness (QED) is 0.677. The van der Waals surface area contributed by atoms with E-state index in [4.69, 9.17) is 4.74 Å². The van der Waals surface area contributed by atoms with Crippen molar-refractivity contribution in [2.45, 2.75) is 70.8 Å². The van der Waals surface area contributed by atoms with Crippen molar-refractivity contribution >= 4 is 17.6 Å². The summed E-state index contributed by atoms with van der Waals surface area (Å²) in [7, 11) is 0. The second-order valence-corrected chi connectivity index (χ2v) is 10.4. The number of hydrogen-bond acceptors (Lipinski definition) is 4. The molecule has 0 aromatic heterocycles. The van der Waals surface area contributed by atoms with Gasteiger partial charge in [0.15, 0.2) is 5.78 Å². The van der Waals surface area contributed by atoms with E-state index in [1.165, 1.54) is 6.42 Å². The van der Waals surface area contributed by atoms with E-state index < -0.39 is 6.04 Å². The molecule has 6 heteroatoms. The summed E-state index contributed by atoms with van der Waals surface area (Å²) in [6.07, 6.45) is 7.44. The van der Waals surface area contributed by atoms with E-state index in [9.17, 15) is 14.4 Å². The maximum atomic E-state index is 13.2. The Morgan fingerprint density at radius 3 is 2.45 bits per heavy atom. The third-order valence-corrected chi connectivity index (χ3v) is 7.62. The van der Waals surface area contributed by atoms with E-state index in [0.717, 1.165) is 50.6 Å². The van der Waals surface area contributed by atoms with Crippen LogP contribution >= 0.6 is 0 Å². The highest BCUT2D eigenvalue weighted by Crippen LogP contribution is 2.30. The van der Waals surface area contributed by atoms with E-state index in [1.807, 2.05) is 36.9 Å². The van der Waals surface area contributed by atoms with E-state index in [2.05, 4.69) is 11.4 Å². The van der Waals surface area contributed by atoms with Gasteiger partial charge in [-0.05, 0) is 49.3 Å². The second kappa shape index (κ2) is 10.8. The van der Waals surface area contributed by atoms with Crippen LogP contribution in [0.15, 0.2) is 24.3 Å². The van der Waals surface area contributed by atoms with Crippen LogP contribution in [0.5, 0.6) is 0 Å². The van der Waals surface area contributed by atoms with Crippen molar-refractivity contribution in [3.8, 4) is 0 Å². The van der Waals surface area contributed by atoms with Crippen LogP contribution in [-0.4, -0.2) is 54.8 Å². The molecule has 0 radical (unpaired) electrons. The standard InChI is InChI=1S/C27H38N2O4/c1-18(2)25(30)24(19-8-4-3-5-9-19)28-26(31)21-11-6-10-20(14-21)22-12-7-13-29(15-22)27(32)23-16-33-17-23/h6,10-11,14,18-19,22-24H,3-5,7-9,12-13,15-17H2,1-2H3,(H,28,31)/t22?,24-/m1/s1. The largest absolute Gasteiger partial charge is 0.380 e. The van der Waals surface area contributed by atoms with Crippen LogP contribution in [0.4, 0.5) is 0 Å². The summed E-state index contributed by atoms with van der Waals surface area (Å²) in [5.74, 6) is 0.524. The van der Waals surface area contributed by atoms with Crippen molar-refractivity contribution in [2.24, 2.45) is 17.8 Å². The fourth-order valence-electron chi connectivity index (χ4n) is 5.49. The first kappa shape index (κ1) is 23.9. The minimum absolute atomic E-state index is 0.0103. The number of amides is 2. The number of ketones is 1. The van der Waals surface area contributed by atoms with E-state index in [1.54, 1.807) is 0 Å². The Kier molecular flexibility index (Phi) is 7.84. The normalized spacial score (nSPS) is 23.1. The lowest BCUT2D eigenvalue weighted by atomic mass is 9.80. The van der Waals surface area contributed by atoms with Gasteiger partial charge < -0.3 is 15.0 Å². The molecule has 1 saturated carbocycles. The lowest BCUT2D eigenvalue weighted by molar-refractivity contribution is -0.151. The fraction of sp³-hybridized carbons (Fsp3) is 0.667. The van der Waals surface area contributed by atoms with Crippen molar-refractivity contribution in [1.82, 2.24) is 10.2 Å². The third kappa shape index (κ3) is 5.65. The molecular formula is C27H38N2O4. The Labute approximate surface area is 197 Å². The minimum Gasteiger partial charge on any atom is -0.380 e. The van der Waals surface area contributed by atoms with Gasteiger partial charge in [-0.1, -0.05) is 45.2 Å². The number of likely N-dealkylation sites (tertiary alicyclic amines) is 1. The van der Waals surface area contributed by atoms with Crippen LogP contribution in [0.25, 0.3) is 0 Å². The molecule has 180 valence electrons. The fourth-order valence-corrected chi connectivity index (χ4v) is 5.49. The van der Waals surface area contributed by atoms with Crippen LogP contribution in [-0.2, 0) is 14.3 Å². The molecular weight excluding hydrogens is 416 g/mol. The van der Waals surface area contributed by atoms with Crippen LogP contribution in [0.2, 0.25) is 0 Å². The molecule has 2 saturated heterocycles. The number of hydrogen-bond donors (Lipinski definition) is 1. The molecule has 3 fully saturated rings. The zero-order valence-corrected chi connectivity index (χ0v) is 20.1. The summed E-state index contributed by atoms with van der Waals surface area (Å²) in [5.41, 5.74) is 1.69. The molecule has 2 heterocycles. The van der Waals surface area contributed by atoms with Crippen molar-refractivity contribution < 1.29 is 19.1 Å². The molecule has 6 nitrogen and oxygen atoms in total. The summed E-state index contributed by atoms with van der Waals surface area (Å²) in [6.45, 7) is 6.39. The summed E-state index contributed by atoms with van der Waals surface area (Å²) in [6, 6.07) is 7.35. The first-order valence-electron chi connectivity index (χ1n) is 12.7. The number of carbonyl (C=O) groups is 3. The number of benzene rings is 1. The minimum atomic E-state index is -0.408. The van der Waals surface area contributed by atoms with Crippen LogP contribution < -0.4 is 5.32 Å². The van der Waals surface area contributed by atoms with Crippen LogP contribution in [0.1, 0.15) is 80.6 Å². The molecule has 33 heavy (non-hydrogen) atoms. The zero-order chi connectivity index (χ0) is 23.4. The summed E-state index contributed by atoms with van der Waals surface area (Å²) in [5, 5.41) is 3.10. The van der Waals surface area contributed by atoms with Gasteiger partial charge in [0.1, 0.15) is 0 Å². The van der Waals surface area contributed by atoms with Gasteiger partial charge in [0, 0.05) is 30.5 Å². The average Bonchev–Trinajstić information content (AvgIpc) is 2.81. The van der Waals surface area contributed by atoms with Gasteiger partial charge in [0.25, 0.3) is 5.91 Å². The topological polar surface area (TPSA) is 75.7 Å². The summed E-state index contributed by atoms with van der Waals surface area (Å²) >= 11 is 0. The summed E-state index contributed by atoms with van der Waals surface area (Å²) in [4.78, 5) is 40.8.